The standard InChI is InChI=1S/C11H20N4/c1-9(8-15-3)6-10(4-5-14-2)11(13)7-12/h4-5,8,14H,3,6-7,12-13H2,1-2H3/b5-4-,9-8+,11-10-. The van der Waals surface area contributed by atoms with Crippen LogP contribution in [0.3, 0.4) is 0 Å². The molecule has 0 aliphatic heterocycles. The van der Waals surface area contributed by atoms with E-state index in [0.29, 0.717) is 12.2 Å². The summed E-state index contributed by atoms with van der Waals surface area (Å²) in [5.41, 5.74) is 14.1. The molecule has 0 bridgehead atoms. The van der Waals surface area contributed by atoms with E-state index < -0.39 is 0 Å². The Hall–Kier alpha value is -1.55. The first-order valence-electron chi connectivity index (χ1n) is 4.78. The Morgan fingerprint density at radius 2 is 2.20 bits per heavy atom. The fraction of sp³-hybridized carbons (Fsp3) is 0.364. The molecule has 0 heterocycles. The van der Waals surface area contributed by atoms with Crippen molar-refractivity contribution in [3.63, 3.8) is 0 Å². The average molecular weight is 208 g/mol. The molecule has 0 unspecified atom stereocenters. The number of nitrogens with two attached hydrogens (primary N) is 2. The molecule has 0 amide bonds. The van der Waals surface area contributed by atoms with E-state index in [1.54, 1.807) is 6.20 Å². The van der Waals surface area contributed by atoms with Crippen molar-refractivity contribution in [2.75, 3.05) is 13.6 Å². The van der Waals surface area contributed by atoms with E-state index in [4.69, 9.17) is 11.5 Å². The third-order valence-corrected chi connectivity index (χ3v) is 1.86. The molecular weight excluding hydrogens is 188 g/mol. The molecule has 0 fully saturated rings. The Labute approximate surface area is 91.4 Å². The largest absolute Gasteiger partial charge is 0.401 e. The van der Waals surface area contributed by atoms with Crippen LogP contribution in [0.15, 0.2) is 40.3 Å². The van der Waals surface area contributed by atoms with Crippen molar-refractivity contribution in [2.45, 2.75) is 13.3 Å². The van der Waals surface area contributed by atoms with Crippen LogP contribution in [0.4, 0.5) is 0 Å². The molecule has 0 aliphatic carbocycles. The molecule has 0 spiro atoms. The number of nitrogens with zero attached hydrogens (tertiary/aromatic N) is 1. The maximum atomic E-state index is 5.80. The van der Waals surface area contributed by atoms with Crippen LogP contribution in [-0.2, 0) is 0 Å². The number of hydrogen-bond donors (Lipinski definition) is 3. The van der Waals surface area contributed by atoms with Gasteiger partial charge < -0.3 is 16.8 Å². The average Bonchev–Trinajstić information content (AvgIpc) is 2.23. The van der Waals surface area contributed by atoms with Crippen LogP contribution in [0.5, 0.6) is 0 Å². The highest BCUT2D eigenvalue weighted by Gasteiger charge is 2.00. The molecule has 0 rings (SSSR count). The summed E-state index contributed by atoms with van der Waals surface area (Å²) in [6.45, 7) is 5.74. The van der Waals surface area contributed by atoms with Gasteiger partial charge in [-0.05, 0) is 37.9 Å². The zero-order chi connectivity index (χ0) is 11.7. The van der Waals surface area contributed by atoms with E-state index >= 15 is 0 Å². The van der Waals surface area contributed by atoms with E-state index in [-0.39, 0.29) is 0 Å². The van der Waals surface area contributed by atoms with Crippen LogP contribution in [0.2, 0.25) is 0 Å². The minimum atomic E-state index is 0.359. The summed E-state index contributed by atoms with van der Waals surface area (Å²) >= 11 is 0. The van der Waals surface area contributed by atoms with E-state index in [2.05, 4.69) is 17.0 Å². The first-order chi connectivity index (χ1) is 7.15. The summed E-state index contributed by atoms with van der Waals surface area (Å²) in [5.74, 6) is 0. The Kier molecular flexibility index (Phi) is 7.01. The molecule has 0 saturated carbocycles. The summed E-state index contributed by atoms with van der Waals surface area (Å²) in [6.07, 6.45) is 6.20. The second-order valence-electron chi connectivity index (χ2n) is 3.21. The number of hydrogen-bond acceptors (Lipinski definition) is 4. The number of nitrogens with one attached hydrogen (secondary N) is 1. The molecule has 84 valence electrons. The lowest BCUT2D eigenvalue weighted by molar-refractivity contribution is 1.01. The molecule has 0 aromatic heterocycles. The van der Waals surface area contributed by atoms with Gasteiger partial charge in [0, 0.05) is 25.5 Å². The van der Waals surface area contributed by atoms with Crippen molar-refractivity contribution in [1.29, 1.82) is 0 Å². The first-order valence-corrected chi connectivity index (χ1v) is 4.78. The van der Waals surface area contributed by atoms with E-state index in [9.17, 15) is 0 Å². The summed E-state index contributed by atoms with van der Waals surface area (Å²) < 4.78 is 0. The van der Waals surface area contributed by atoms with Gasteiger partial charge >= 0.3 is 0 Å². The molecule has 4 heteroatoms. The lowest BCUT2D eigenvalue weighted by Gasteiger charge is -2.06. The van der Waals surface area contributed by atoms with Gasteiger partial charge in [0.25, 0.3) is 0 Å². The summed E-state index contributed by atoms with van der Waals surface area (Å²) in [6, 6.07) is 0. The van der Waals surface area contributed by atoms with Crippen LogP contribution in [0.25, 0.3) is 0 Å². The minimum absolute atomic E-state index is 0.359. The van der Waals surface area contributed by atoms with Gasteiger partial charge in [0.1, 0.15) is 0 Å². The Morgan fingerprint density at radius 1 is 1.53 bits per heavy atom. The van der Waals surface area contributed by atoms with Gasteiger partial charge in [-0.1, -0.05) is 5.57 Å². The van der Waals surface area contributed by atoms with Crippen molar-refractivity contribution in [3.05, 3.63) is 35.3 Å². The first kappa shape index (κ1) is 13.4. The van der Waals surface area contributed by atoms with Gasteiger partial charge in [-0.25, -0.2) is 0 Å². The summed E-state index contributed by atoms with van der Waals surface area (Å²) in [4.78, 5) is 3.71. The van der Waals surface area contributed by atoms with Gasteiger partial charge in [-0.15, -0.1) is 0 Å². The molecule has 4 nitrogen and oxygen atoms in total. The van der Waals surface area contributed by atoms with Crippen molar-refractivity contribution < 1.29 is 0 Å². The fourth-order valence-electron chi connectivity index (χ4n) is 1.10. The Balaban J connectivity index is 4.74. The molecule has 0 saturated heterocycles. The van der Waals surface area contributed by atoms with Crippen LogP contribution in [0, 0.1) is 0 Å². The lowest BCUT2D eigenvalue weighted by Crippen LogP contribution is -2.14. The van der Waals surface area contributed by atoms with Crippen molar-refractivity contribution in [3.8, 4) is 0 Å². The number of rotatable bonds is 6. The van der Waals surface area contributed by atoms with Crippen LogP contribution in [0.1, 0.15) is 13.3 Å². The highest BCUT2D eigenvalue weighted by atomic mass is 14.8. The smallest absolute Gasteiger partial charge is 0.0329 e. The molecule has 5 N–H and O–H groups in total. The lowest BCUT2D eigenvalue weighted by atomic mass is 10.1. The quantitative estimate of drug-likeness (QED) is 0.448. The van der Waals surface area contributed by atoms with E-state index in [0.717, 1.165) is 17.6 Å². The highest BCUT2D eigenvalue weighted by molar-refractivity contribution is 5.31. The van der Waals surface area contributed by atoms with Gasteiger partial charge in [0.05, 0.1) is 0 Å². The maximum absolute atomic E-state index is 5.80. The summed E-state index contributed by atoms with van der Waals surface area (Å²) in [5, 5.41) is 2.92. The van der Waals surface area contributed by atoms with Gasteiger partial charge in [0.15, 0.2) is 0 Å². The highest BCUT2D eigenvalue weighted by Crippen LogP contribution is 2.13. The number of aliphatic imine (C=N–C) groups is 1. The topological polar surface area (TPSA) is 76.4 Å². The predicted molar refractivity (Wildman–Crippen MR) is 66.4 cm³/mol. The van der Waals surface area contributed by atoms with Gasteiger partial charge in [0.2, 0.25) is 0 Å². The molecule has 0 aliphatic rings. The molecule has 0 atom stereocenters. The van der Waals surface area contributed by atoms with Crippen LogP contribution >= 0.6 is 0 Å². The molecule has 15 heavy (non-hydrogen) atoms. The zero-order valence-corrected chi connectivity index (χ0v) is 9.46. The van der Waals surface area contributed by atoms with Gasteiger partial charge in [-0.3, -0.25) is 4.99 Å². The second kappa shape index (κ2) is 7.82. The molecular formula is C11H20N4. The van der Waals surface area contributed by atoms with Gasteiger partial charge in [-0.2, -0.15) is 0 Å². The van der Waals surface area contributed by atoms with Crippen molar-refractivity contribution in [1.82, 2.24) is 5.32 Å². The van der Waals surface area contributed by atoms with E-state index in [1.165, 1.54) is 0 Å². The third kappa shape index (κ3) is 5.70. The Morgan fingerprint density at radius 3 is 2.67 bits per heavy atom. The third-order valence-electron chi connectivity index (χ3n) is 1.86. The SMILES string of the molecule is C=N/C=C(\C)CC(/C=C\NC)=C(\N)CN. The maximum Gasteiger partial charge on any atom is 0.0329 e. The van der Waals surface area contributed by atoms with Crippen LogP contribution in [-0.4, -0.2) is 20.3 Å². The summed E-state index contributed by atoms with van der Waals surface area (Å²) in [7, 11) is 1.83. The second-order valence-corrected chi connectivity index (χ2v) is 3.21. The molecule has 0 aromatic rings. The van der Waals surface area contributed by atoms with Crippen molar-refractivity contribution >= 4 is 6.72 Å². The Bertz CT molecular complexity index is 287. The normalized spacial score (nSPS) is 13.9. The molecule has 0 aromatic carbocycles. The molecule has 0 radical (unpaired) electrons. The van der Waals surface area contributed by atoms with E-state index in [1.807, 2.05) is 26.2 Å². The zero-order valence-electron chi connectivity index (χ0n) is 9.46. The van der Waals surface area contributed by atoms with Crippen LogP contribution < -0.4 is 16.8 Å². The van der Waals surface area contributed by atoms with Crippen molar-refractivity contribution in [2.24, 2.45) is 16.5 Å². The monoisotopic (exact) mass is 208 g/mol. The minimum Gasteiger partial charge on any atom is -0.401 e. The number of allylic oxidation sites excluding steroid dienone is 3. The fourth-order valence-corrected chi connectivity index (χ4v) is 1.10. The predicted octanol–water partition coefficient (Wildman–Crippen LogP) is 0.885.